The highest BCUT2D eigenvalue weighted by Crippen LogP contribution is 2.09. The van der Waals surface area contributed by atoms with Gasteiger partial charge in [0.1, 0.15) is 0 Å². The van der Waals surface area contributed by atoms with E-state index < -0.39 is 0 Å². The van der Waals surface area contributed by atoms with Crippen molar-refractivity contribution in [3.8, 4) is 0 Å². The fourth-order valence-electron chi connectivity index (χ4n) is 1.31. The van der Waals surface area contributed by atoms with Crippen LogP contribution in [0, 0.1) is 0 Å². The van der Waals surface area contributed by atoms with E-state index >= 15 is 0 Å². The third-order valence-electron chi connectivity index (χ3n) is 2.14. The molecule has 0 spiro atoms. The van der Waals surface area contributed by atoms with E-state index in [1.54, 1.807) is 11.3 Å². The highest BCUT2D eigenvalue weighted by atomic mass is 32.1. The lowest BCUT2D eigenvalue weighted by atomic mass is 10.4. The molecule has 0 aromatic carbocycles. The number of nitrogens with one attached hydrogen (secondary N) is 1. The predicted molar refractivity (Wildman–Crippen MR) is 61.2 cm³/mol. The molecule has 0 fully saturated rings. The van der Waals surface area contributed by atoms with Crippen molar-refractivity contribution in [1.82, 2.24) is 20.4 Å². The van der Waals surface area contributed by atoms with E-state index in [4.69, 9.17) is 0 Å². The SMILES string of the molecule is CCc1nc(CNCCc2ncon2)cs1. The summed E-state index contributed by atoms with van der Waals surface area (Å²) in [6.07, 6.45) is 3.14. The molecule has 16 heavy (non-hydrogen) atoms. The van der Waals surface area contributed by atoms with Gasteiger partial charge in [-0.1, -0.05) is 12.1 Å². The zero-order valence-electron chi connectivity index (χ0n) is 9.14. The molecule has 0 saturated heterocycles. The molecular weight excluding hydrogens is 224 g/mol. The Morgan fingerprint density at radius 1 is 1.50 bits per heavy atom. The summed E-state index contributed by atoms with van der Waals surface area (Å²) in [4.78, 5) is 8.42. The van der Waals surface area contributed by atoms with Crippen molar-refractivity contribution in [3.05, 3.63) is 28.3 Å². The van der Waals surface area contributed by atoms with E-state index in [1.165, 1.54) is 11.4 Å². The first-order chi connectivity index (χ1) is 7.88. The quantitative estimate of drug-likeness (QED) is 0.771. The van der Waals surface area contributed by atoms with E-state index in [1.807, 2.05) is 0 Å². The van der Waals surface area contributed by atoms with Crippen molar-refractivity contribution in [2.45, 2.75) is 26.3 Å². The molecule has 2 rings (SSSR count). The second kappa shape index (κ2) is 5.72. The normalized spacial score (nSPS) is 10.8. The fourth-order valence-corrected chi connectivity index (χ4v) is 2.06. The van der Waals surface area contributed by atoms with Gasteiger partial charge in [-0.05, 0) is 6.42 Å². The number of aromatic nitrogens is 3. The van der Waals surface area contributed by atoms with Crippen molar-refractivity contribution >= 4 is 11.3 Å². The summed E-state index contributed by atoms with van der Waals surface area (Å²) in [6.45, 7) is 3.75. The first kappa shape index (κ1) is 11.2. The number of hydrogen-bond acceptors (Lipinski definition) is 6. The third-order valence-corrected chi connectivity index (χ3v) is 3.18. The Morgan fingerprint density at radius 3 is 3.12 bits per heavy atom. The van der Waals surface area contributed by atoms with E-state index in [2.05, 4.69) is 37.3 Å². The Morgan fingerprint density at radius 2 is 2.44 bits per heavy atom. The Labute approximate surface area is 97.9 Å². The van der Waals surface area contributed by atoms with Gasteiger partial charge in [0.05, 0.1) is 10.7 Å². The minimum atomic E-state index is 0.736. The van der Waals surface area contributed by atoms with Gasteiger partial charge in [0.2, 0.25) is 6.39 Å². The van der Waals surface area contributed by atoms with Gasteiger partial charge in [-0.15, -0.1) is 11.3 Å². The van der Waals surface area contributed by atoms with Crippen molar-refractivity contribution in [2.24, 2.45) is 0 Å². The topological polar surface area (TPSA) is 63.8 Å². The van der Waals surface area contributed by atoms with Gasteiger partial charge >= 0.3 is 0 Å². The third kappa shape index (κ3) is 3.11. The molecule has 0 radical (unpaired) electrons. The van der Waals surface area contributed by atoms with Crippen LogP contribution < -0.4 is 5.32 Å². The van der Waals surface area contributed by atoms with Crippen LogP contribution in [0.15, 0.2) is 16.3 Å². The molecule has 0 aliphatic heterocycles. The molecule has 0 saturated carbocycles. The van der Waals surface area contributed by atoms with Gasteiger partial charge in [0.15, 0.2) is 5.82 Å². The largest absolute Gasteiger partial charge is 0.343 e. The zero-order chi connectivity index (χ0) is 11.2. The van der Waals surface area contributed by atoms with Crippen LogP contribution in [0.3, 0.4) is 0 Å². The minimum absolute atomic E-state index is 0.736. The molecule has 6 heteroatoms. The molecule has 0 atom stereocenters. The minimum Gasteiger partial charge on any atom is -0.343 e. The van der Waals surface area contributed by atoms with Crippen molar-refractivity contribution in [3.63, 3.8) is 0 Å². The molecule has 0 bridgehead atoms. The number of nitrogens with zero attached hydrogens (tertiary/aromatic N) is 3. The van der Waals surface area contributed by atoms with Gasteiger partial charge in [-0.25, -0.2) is 4.98 Å². The molecule has 2 aromatic rings. The number of hydrogen-bond donors (Lipinski definition) is 1. The zero-order valence-corrected chi connectivity index (χ0v) is 9.96. The summed E-state index contributed by atoms with van der Waals surface area (Å²) >= 11 is 1.71. The summed E-state index contributed by atoms with van der Waals surface area (Å²) in [5.41, 5.74) is 1.11. The monoisotopic (exact) mass is 238 g/mol. The van der Waals surface area contributed by atoms with Crippen LogP contribution in [-0.2, 0) is 19.4 Å². The molecule has 0 amide bonds. The first-order valence-corrected chi connectivity index (χ1v) is 6.15. The van der Waals surface area contributed by atoms with Crippen LogP contribution in [0.25, 0.3) is 0 Å². The summed E-state index contributed by atoms with van der Waals surface area (Å²) in [6, 6.07) is 0. The fraction of sp³-hybridized carbons (Fsp3) is 0.500. The maximum Gasteiger partial charge on any atom is 0.213 e. The molecule has 0 aliphatic rings. The second-order valence-electron chi connectivity index (χ2n) is 3.36. The average Bonchev–Trinajstić information content (AvgIpc) is 2.95. The van der Waals surface area contributed by atoms with Crippen LogP contribution in [0.2, 0.25) is 0 Å². The predicted octanol–water partition coefficient (Wildman–Crippen LogP) is 1.42. The van der Waals surface area contributed by atoms with Crippen LogP contribution in [0.5, 0.6) is 0 Å². The van der Waals surface area contributed by atoms with Gasteiger partial charge in [-0.2, -0.15) is 4.98 Å². The number of thiazole rings is 1. The lowest BCUT2D eigenvalue weighted by Crippen LogP contribution is -2.17. The lowest BCUT2D eigenvalue weighted by Gasteiger charge is -1.99. The Kier molecular flexibility index (Phi) is 4.01. The molecule has 86 valence electrons. The summed E-state index contributed by atoms with van der Waals surface area (Å²) in [5, 5.41) is 10.3. The maximum atomic E-state index is 4.65. The first-order valence-electron chi connectivity index (χ1n) is 5.27. The van der Waals surface area contributed by atoms with E-state index in [0.29, 0.717) is 0 Å². The van der Waals surface area contributed by atoms with Crippen molar-refractivity contribution in [2.75, 3.05) is 6.54 Å². The number of aryl methyl sites for hydroxylation is 1. The van der Waals surface area contributed by atoms with Crippen molar-refractivity contribution < 1.29 is 4.52 Å². The lowest BCUT2D eigenvalue weighted by molar-refractivity contribution is 0.409. The summed E-state index contributed by atoms with van der Waals surface area (Å²) < 4.78 is 4.65. The van der Waals surface area contributed by atoms with Gasteiger partial charge in [-0.3, -0.25) is 0 Å². The van der Waals surface area contributed by atoms with Gasteiger partial charge < -0.3 is 9.84 Å². The van der Waals surface area contributed by atoms with Crippen LogP contribution in [0.4, 0.5) is 0 Å². The Hall–Kier alpha value is -1.27. The molecular formula is C10H14N4OS. The smallest absolute Gasteiger partial charge is 0.213 e. The Bertz CT molecular complexity index is 412. The average molecular weight is 238 g/mol. The second-order valence-corrected chi connectivity index (χ2v) is 4.30. The van der Waals surface area contributed by atoms with Crippen molar-refractivity contribution in [1.29, 1.82) is 0 Å². The summed E-state index contributed by atoms with van der Waals surface area (Å²) in [5.74, 6) is 0.736. The molecule has 2 heterocycles. The van der Waals surface area contributed by atoms with Crippen LogP contribution in [-0.4, -0.2) is 21.7 Å². The molecule has 1 N–H and O–H groups in total. The van der Waals surface area contributed by atoms with E-state index in [-0.39, 0.29) is 0 Å². The maximum absolute atomic E-state index is 4.65. The Balaban J connectivity index is 1.68. The van der Waals surface area contributed by atoms with Crippen LogP contribution >= 0.6 is 11.3 Å². The summed E-state index contributed by atoms with van der Waals surface area (Å²) in [7, 11) is 0. The molecule has 0 aliphatic carbocycles. The highest BCUT2D eigenvalue weighted by molar-refractivity contribution is 7.09. The van der Waals surface area contributed by atoms with Crippen LogP contribution in [0.1, 0.15) is 23.4 Å². The molecule has 2 aromatic heterocycles. The standard InChI is InChI=1S/C10H14N4OS/c1-2-10-13-8(6-16-10)5-11-4-3-9-12-7-15-14-9/h6-7,11H,2-5H2,1H3. The van der Waals surface area contributed by atoms with E-state index in [0.717, 1.165) is 37.4 Å². The highest BCUT2D eigenvalue weighted by Gasteiger charge is 2.01. The van der Waals surface area contributed by atoms with E-state index in [9.17, 15) is 0 Å². The molecule has 0 unspecified atom stereocenters. The van der Waals surface area contributed by atoms with Gasteiger partial charge in [0.25, 0.3) is 0 Å². The molecule has 5 nitrogen and oxygen atoms in total. The number of rotatable bonds is 6. The van der Waals surface area contributed by atoms with Gasteiger partial charge in [0, 0.05) is 24.9 Å².